The predicted octanol–water partition coefficient (Wildman–Crippen LogP) is 2.63. The average Bonchev–Trinajstić information content (AvgIpc) is 2.25. The van der Waals surface area contributed by atoms with Gasteiger partial charge in [-0.05, 0) is 23.5 Å². The van der Waals surface area contributed by atoms with Gasteiger partial charge < -0.3 is 5.32 Å². The summed E-state index contributed by atoms with van der Waals surface area (Å²) in [6, 6.07) is 4.19. The van der Waals surface area contributed by atoms with E-state index in [4.69, 9.17) is 0 Å². The van der Waals surface area contributed by atoms with E-state index in [2.05, 4.69) is 38.0 Å². The highest BCUT2D eigenvalue weighted by atomic mass is 19.1. The van der Waals surface area contributed by atoms with Gasteiger partial charge in [-0.3, -0.25) is 4.79 Å². The van der Waals surface area contributed by atoms with E-state index in [-0.39, 0.29) is 17.0 Å². The minimum atomic E-state index is -0.638. The van der Waals surface area contributed by atoms with Crippen molar-refractivity contribution in [3.05, 3.63) is 29.8 Å². The lowest BCUT2D eigenvalue weighted by Crippen LogP contribution is -2.37. The number of hydrogen-bond donors (Lipinski definition) is 1. The van der Waals surface area contributed by atoms with Gasteiger partial charge in [0, 0.05) is 6.54 Å². The Balaban J connectivity index is 2.62. The first-order chi connectivity index (χ1) is 7.83. The largest absolute Gasteiger partial charge is 0.350 e. The van der Waals surface area contributed by atoms with Crippen LogP contribution in [0, 0.1) is 17.3 Å². The Kier molecular flexibility index (Phi) is 4.21. The highest BCUT2D eigenvalue weighted by Crippen LogP contribution is 2.24. The predicted molar refractivity (Wildman–Crippen MR) is 65.1 cm³/mol. The summed E-state index contributed by atoms with van der Waals surface area (Å²) in [5, 5.41) is 2.78. The zero-order valence-corrected chi connectivity index (χ0v) is 10.7. The molecule has 0 unspecified atom stereocenters. The Hall–Kier alpha value is -1.45. The van der Waals surface area contributed by atoms with E-state index in [9.17, 15) is 9.18 Å². The van der Waals surface area contributed by atoms with Crippen LogP contribution in [0.1, 0.15) is 38.2 Å². The second-order valence-corrected chi connectivity index (χ2v) is 5.17. The lowest BCUT2D eigenvalue weighted by Gasteiger charge is -2.29. The van der Waals surface area contributed by atoms with Crippen LogP contribution in [0.5, 0.6) is 0 Å². The molecule has 1 aromatic heterocycles. The molecule has 0 atom stereocenters. The van der Waals surface area contributed by atoms with Gasteiger partial charge in [0.15, 0.2) is 0 Å². The molecule has 0 fully saturated rings. The second kappa shape index (κ2) is 5.25. The molecule has 4 heteroatoms. The van der Waals surface area contributed by atoms with Crippen LogP contribution < -0.4 is 5.32 Å². The first kappa shape index (κ1) is 13.6. The number of rotatable bonds is 4. The molecule has 0 spiro atoms. The van der Waals surface area contributed by atoms with Crippen LogP contribution in [0.2, 0.25) is 0 Å². The highest BCUT2D eigenvalue weighted by molar-refractivity contribution is 5.92. The standard InChI is InChI=1S/C13H19FN2O/c1-9(2)13(3,4)8-15-12(17)10-6-5-7-11(14)16-10/h5-7,9H,8H2,1-4H3,(H,15,17). The molecule has 0 saturated heterocycles. The number of nitrogens with zero attached hydrogens (tertiary/aromatic N) is 1. The third kappa shape index (κ3) is 3.80. The topological polar surface area (TPSA) is 42.0 Å². The van der Waals surface area contributed by atoms with Gasteiger partial charge in [-0.15, -0.1) is 0 Å². The maximum absolute atomic E-state index is 12.8. The Morgan fingerprint density at radius 2 is 2.12 bits per heavy atom. The molecular formula is C13H19FN2O. The fraction of sp³-hybridized carbons (Fsp3) is 0.538. The van der Waals surface area contributed by atoms with Gasteiger partial charge in [-0.2, -0.15) is 4.39 Å². The summed E-state index contributed by atoms with van der Waals surface area (Å²) in [6.45, 7) is 8.91. The summed E-state index contributed by atoms with van der Waals surface area (Å²) in [6.07, 6.45) is 0. The number of pyridine rings is 1. The molecule has 0 saturated carbocycles. The van der Waals surface area contributed by atoms with Gasteiger partial charge >= 0.3 is 0 Å². The maximum Gasteiger partial charge on any atom is 0.270 e. The molecule has 17 heavy (non-hydrogen) atoms. The van der Waals surface area contributed by atoms with Gasteiger partial charge in [0.25, 0.3) is 5.91 Å². The molecule has 1 N–H and O–H groups in total. The average molecular weight is 238 g/mol. The summed E-state index contributed by atoms with van der Waals surface area (Å²) in [5.41, 5.74) is 0.118. The van der Waals surface area contributed by atoms with Gasteiger partial charge in [-0.25, -0.2) is 4.98 Å². The number of carbonyl (C=O) groups is 1. The van der Waals surface area contributed by atoms with E-state index in [0.717, 1.165) is 0 Å². The molecule has 0 aliphatic rings. The number of aromatic nitrogens is 1. The molecule has 3 nitrogen and oxygen atoms in total. The zero-order valence-electron chi connectivity index (χ0n) is 10.7. The zero-order chi connectivity index (χ0) is 13.1. The Labute approximate surface area is 101 Å². The first-order valence-corrected chi connectivity index (χ1v) is 5.73. The molecular weight excluding hydrogens is 219 g/mol. The number of amides is 1. The third-order valence-electron chi connectivity index (χ3n) is 3.22. The van der Waals surface area contributed by atoms with Crippen molar-refractivity contribution in [3.63, 3.8) is 0 Å². The minimum Gasteiger partial charge on any atom is -0.350 e. The van der Waals surface area contributed by atoms with Crippen LogP contribution in [-0.2, 0) is 0 Å². The van der Waals surface area contributed by atoms with Crippen LogP contribution in [0.25, 0.3) is 0 Å². The van der Waals surface area contributed by atoms with Crippen molar-refractivity contribution >= 4 is 5.91 Å². The van der Waals surface area contributed by atoms with Gasteiger partial charge in [0.1, 0.15) is 5.69 Å². The lowest BCUT2D eigenvalue weighted by atomic mass is 9.81. The van der Waals surface area contributed by atoms with Crippen molar-refractivity contribution in [3.8, 4) is 0 Å². The fourth-order valence-electron chi connectivity index (χ4n) is 1.14. The van der Waals surface area contributed by atoms with Crippen LogP contribution >= 0.6 is 0 Å². The van der Waals surface area contributed by atoms with Crippen LogP contribution in [0.15, 0.2) is 18.2 Å². The van der Waals surface area contributed by atoms with Crippen LogP contribution in [-0.4, -0.2) is 17.4 Å². The van der Waals surface area contributed by atoms with Crippen molar-refractivity contribution in [2.75, 3.05) is 6.54 Å². The number of nitrogens with one attached hydrogen (secondary N) is 1. The summed E-state index contributed by atoms with van der Waals surface area (Å²) in [4.78, 5) is 15.3. The molecule has 1 amide bonds. The van der Waals surface area contributed by atoms with Crippen LogP contribution in [0.3, 0.4) is 0 Å². The van der Waals surface area contributed by atoms with E-state index >= 15 is 0 Å². The summed E-state index contributed by atoms with van der Waals surface area (Å²) in [5.74, 6) is -0.526. The van der Waals surface area contributed by atoms with E-state index in [0.29, 0.717) is 12.5 Å². The van der Waals surface area contributed by atoms with Gasteiger partial charge in [0.2, 0.25) is 5.95 Å². The monoisotopic (exact) mass is 238 g/mol. The van der Waals surface area contributed by atoms with Crippen molar-refractivity contribution in [1.29, 1.82) is 0 Å². The Bertz CT molecular complexity index is 402. The quantitative estimate of drug-likeness (QED) is 0.819. The molecule has 94 valence electrons. The van der Waals surface area contributed by atoms with E-state index < -0.39 is 5.95 Å². The van der Waals surface area contributed by atoms with Crippen molar-refractivity contribution in [1.82, 2.24) is 10.3 Å². The molecule has 0 bridgehead atoms. The summed E-state index contributed by atoms with van der Waals surface area (Å²) in [7, 11) is 0. The molecule has 0 radical (unpaired) electrons. The van der Waals surface area contributed by atoms with Gasteiger partial charge in [-0.1, -0.05) is 33.8 Å². The summed E-state index contributed by atoms with van der Waals surface area (Å²) >= 11 is 0. The highest BCUT2D eigenvalue weighted by Gasteiger charge is 2.23. The molecule has 1 rings (SSSR count). The second-order valence-electron chi connectivity index (χ2n) is 5.17. The fourth-order valence-corrected chi connectivity index (χ4v) is 1.14. The van der Waals surface area contributed by atoms with Crippen molar-refractivity contribution in [2.24, 2.45) is 11.3 Å². The Morgan fingerprint density at radius 1 is 1.47 bits per heavy atom. The minimum absolute atomic E-state index is 0.00296. The molecule has 1 aromatic rings. The molecule has 1 heterocycles. The molecule has 0 aliphatic heterocycles. The molecule has 0 aliphatic carbocycles. The van der Waals surface area contributed by atoms with E-state index in [1.165, 1.54) is 18.2 Å². The number of halogens is 1. The Morgan fingerprint density at radius 3 is 2.65 bits per heavy atom. The van der Waals surface area contributed by atoms with Crippen molar-refractivity contribution in [2.45, 2.75) is 27.7 Å². The number of hydrogen-bond acceptors (Lipinski definition) is 2. The summed E-state index contributed by atoms with van der Waals surface area (Å²) < 4.78 is 12.8. The maximum atomic E-state index is 12.8. The third-order valence-corrected chi connectivity index (χ3v) is 3.22. The normalized spacial score (nSPS) is 11.6. The van der Waals surface area contributed by atoms with Crippen LogP contribution in [0.4, 0.5) is 4.39 Å². The lowest BCUT2D eigenvalue weighted by molar-refractivity contribution is 0.0918. The van der Waals surface area contributed by atoms with E-state index in [1.807, 2.05) is 0 Å². The van der Waals surface area contributed by atoms with Crippen molar-refractivity contribution < 1.29 is 9.18 Å². The number of carbonyl (C=O) groups excluding carboxylic acids is 1. The first-order valence-electron chi connectivity index (χ1n) is 5.73. The van der Waals surface area contributed by atoms with E-state index in [1.54, 1.807) is 0 Å². The SMILES string of the molecule is CC(C)C(C)(C)CNC(=O)c1cccc(F)n1. The van der Waals surface area contributed by atoms with Gasteiger partial charge in [0.05, 0.1) is 0 Å². The smallest absolute Gasteiger partial charge is 0.270 e. The molecule has 0 aromatic carbocycles.